The Bertz CT molecular complexity index is 305. The maximum absolute atomic E-state index is 5.63. The Morgan fingerprint density at radius 1 is 1.07 bits per heavy atom. The van der Waals surface area contributed by atoms with Gasteiger partial charge in [0.2, 0.25) is 0 Å². The van der Waals surface area contributed by atoms with E-state index in [9.17, 15) is 0 Å². The summed E-state index contributed by atoms with van der Waals surface area (Å²) in [6.45, 7) is 7.41. The van der Waals surface area contributed by atoms with Crippen LogP contribution >= 0.6 is 11.6 Å². The summed E-state index contributed by atoms with van der Waals surface area (Å²) in [5.74, 6) is 0.791. The highest BCUT2D eigenvalue weighted by Crippen LogP contribution is 2.12. The normalized spacial score (nSPS) is 10.9. The maximum Gasteiger partial charge on any atom is 0.0625 e. The molecular weight excluding hydrogens is 208 g/mol. The number of hydrogen-bond acceptors (Lipinski definition) is 1. The number of halogens is 1. The molecule has 1 rings (SSSR count). The van der Waals surface area contributed by atoms with Crippen LogP contribution in [0.4, 0.5) is 0 Å². The molecule has 86 valence electrons. The average molecular weight is 229 g/mol. The van der Waals surface area contributed by atoms with Crippen molar-refractivity contribution >= 4 is 11.6 Å². The summed E-state index contributed by atoms with van der Waals surface area (Å²) in [6, 6.07) is 0. The van der Waals surface area contributed by atoms with E-state index in [1.54, 1.807) is 0 Å². The molecule has 3 heteroatoms. The topological polar surface area (TPSA) is 17.8 Å². The molecule has 2 nitrogen and oxygen atoms in total. The number of hydrogen-bond donors (Lipinski definition) is 0. The van der Waals surface area contributed by atoms with Crippen molar-refractivity contribution in [3.63, 3.8) is 0 Å². The Labute approximate surface area is 97.6 Å². The van der Waals surface area contributed by atoms with Crippen molar-refractivity contribution < 1.29 is 0 Å². The molecule has 0 aliphatic heterocycles. The fourth-order valence-electron chi connectivity index (χ4n) is 1.71. The lowest BCUT2D eigenvalue weighted by molar-refractivity contribution is 0.530. The molecular formula is C12H21ClN2. The Balaban J connectivity index is 2.34. The summed E-state index contributed by atoms with van der Waals surface area (Å²) >= 11 is 5.63. The summed E-state index contributed by atoms with van der Waals surface area (Å²) in [7, 11) is 0. The van der Waals surface area contributed by atoms with Gasteiger partial charge in [0.1, 0.15) is 0 Å². The van der Waals surface area contributed by atoms with Gasteiger partial charge >= 0.3 is 0 Å². The zero-order valence-electron chi connectivity index (χ0n) is 10.0. The lowest BCUT2D eigenvalue weighted by Crippen LogP contribution is -2.02. The molecule has 0 unspecified atom stereocenters. The van der Waals surface area contributed by atoms with Gasteiger partial charge in [0.25, 0.3) is 0 Å². The second-order valence-electron chi connectivity index (χ2n) is 4.12. The van der Waals surface area contributed by atoms with Gasteiger partial charge in [-0.25, -0.2) is 0 Å². The minimum atomic E-state index is 0.791. The maximum atomic E-state index is 5.63. The third-order valence-electron chi connectivity index (χ3n) is 3.00. The highest BCUT2D eigenvalue weighted by Gasteiger charge is 2.05. The molecule has 0 amide bonds. The molecule has 0 saturated heterocycles. The van der Waals surface area contributed by atoms with Crippen LogP contribution in [-0.2, 0) is 6.54 Å². The molecule has 0 bridgehead atoms. The number of aromatic nitrogens is 2. The van der Waals surface area contributed by atoms with Crippen LogP contribution in [0, 0.1) is 20.8 Å². The van der Waals surface area contributed by atoms with Crippen LogP contribution in [0.3, 0.4) is 0 Å². The van der Waals surface area contributed by atoms with Crippen LogP contribution < -0.4 is 0 Å². The molecule has 0 aromatic carbocycles. The third kappa shape index (κ3) is 3.53. The highest BCUT2D eigenvalue weighted by atomic mass is 35.5. The summed E-state index contributed by atoms with van der Waals surface area (Å²) in [6.07, 6.45) is 4.84. The number of aryl methyl sites for hydroxylation is 2. The van der Waals surface area contributed by atoms with Crippen LogP contribution in [0.2, 0.25) is 0 Å². The summed E-state index contributed by atoms with van der Waals surface area (Å²) < 4.78 is 2.13. The van der Waals surface area contributed by atoms with E-state index in [-0.39, 0.29) is 0 Å². The number of unbranched alkanes of at least 4 members (excludes halogenated alkanes) is 3. The highest BCUT2D eigenvalue weighted by molar-refractivity contribution is 6.17. The molecule has 0 radical (unpaired) electrons. The van der Waals surface area contributed by atoms with E-state index in [0.29, 0.717) is 0 Å². The first kappa shape index (κ1) is 12.6. The molecule has 0 aliphatic rings. The van der Waals surface area contributed by atoms with Gasteiger partial charge < -0.3 is 0 Å². The van der Waals surface area contributed by atoms with Gasteiger partial charge in [0.05, 0.1) is 5.69 Å². The zero-order chi connectivity index (χ0) is 11.3. The summed E-state index contributed by atoms with van der Waals surface area (Å²) in [5.41, 5.74) is 3.80. The van der Waals surface area contributed by atoms with Gasteiger partial charge in [0.15, 0.2) is 0 Å². The van der Waals surface area contributed by atoms with Gasteiger partial charge in [-0.2, -0.15) is 5.10 Å². The van der Waals surface area contributed by atoms with Crippen LogP contribution in [0.1, 0.15) is 42.6 Å². The fraction of sp³-hybridized carbons (Fsp3) is 0.750. The summed E-state index contributed by atoms with van der Waals surface area (Å²) in [5, 5.41) is 4.52. The van der Waals surface area contributed by atoms with Gasteiger partial charge in [-0.15, -0.1) is 11.6 Å². The Morgan fingerprint density at radius 3 is 2.27 bits per heavy atom. The monoisotopic (exact) mass is 228 g/mol. The lowest BCUT2D eigenvalue weighted by Gasteiger charge is -2.04. The molecule has 0 spiro atoms. The fourth-order valence-corrected chi connectivity index (χ4v) is 1.90. The standard InChI is InChI=1S/C12H21ClN2/c1-10-11(2)14-15(12(10)3)9-7-5-4-6-8-13/h4-9H2,1-3H3. The van der Waals surface area contributed by atoms with Crippen LogP contribution in [0.15, 0.2) is 0 Å². The van der Waals surface area contributed by atoms with E-state index in [1.165, 1.54) is 30.5 Å². The van der Waals surface area contributed by atoms with E-state index >= 15 is 0 Å². The van der Waals surface area contributed by atoms with E-state index in [1.807, 2.05) is 0 Å². The molecule has 0 fully saturated rings. The molecule has 15 heavy (non-hydrogen) atoms. The number of alkyl halides is 1. The number of rotatable bonds is 6. The second-order valence-corrected chi connectivity index (χ2v) is 4.50. The van der Waals surface area contributed by atoms with Crippen molar-refractivity contribution in [2.75, 3.05) is 5.88 Å². The smallest absolute Gasteiger partial charge is 0.0625 e. The Kier molecular flexibility index (Phi) is 5.16. The molecule has 1 heterocycles. The van der Waals surface area contributed by atoms with Crippen molar-refractivity contribution in [3.05, 3.63) is 17.0 Å². The van der Waals surface area contributed by atoms with Crippen molar-refractivity contribution in [3.8, 4) is 0 Å². The van der Waals surface area contributed by atoms with Crippen molar-refractivity contribution in [1.29, 1.82) is 0 Å². The van der Waals surface area contributed by atoms with Crippen molar-refractivity contribution in [2.24, 2.45) is 0 Å². The van der Waals surface area contributed by atoms with Crippen molar-refractivity contribution in [2.45, 2.75) is 53.0 Å². The van der Waals surface area contributed by atoms with Gasteiger partial charge in [-0.1, -0.05) is 12.8 Å². The zero-order valence-corrected chi connectivity index (χ0v) is 10.8. The van der Waals surface area contributed by atoms with E-state index in [4.69, 9.17) is 11.6 Å². The predicted octanol–water partition coefficient (Wildman–Crippen LogP) is 3.61. The predicted molar refractivity (Wildman–Crippen MR) is 65.6 cm³/mol. The van der Waals surface area contributed by atoms with Crippen LogP contribution in [-0.4, -0.2) is 15.7 Å². The molecule has 0 saturated carbocycles. The van der Waals surface area contributed by atoms with E-state index in [0.717, 1.165) is 24.5 Å². The van der Waals surface area contributed by atoms with Gasteiger partial charge in [0, 0.05) is 18.1 Å². The average Bonchev–Trinajstić information content (AvgIpc) is 2.46. The summed E-state index contributed by atoms with van der Waals surface area (Å²) in [4.78, 5) is 0. The van der Waals surface area contributed by atoms with Gasteiger partial charge in [-0.05, 0) is 39.2 Å². The largest absolute Gasteiger partial charge is 0.269 e. The number of nitrogens with zero attached hydrogens (tertiary/aromatic N) is 2. The quantitative estimate of drug-likeness (QED) is 0.537. The molecule has 0 aliphatic carbocycles. The minimum absolute atomic E-state index is 0.791. The first-order chi connectivity index (χ1) is 7.16. The van der Waals surface area contributed by atoms with Gasteiger partial charge in [-0.3, -0.25) is 4.68 Å². The molecule has 0 atom stereocenters. The van der Waals surface area contributed by atoms with Crippen LogP contribution in [0.25, 0.3) is 0 Å². The first-order valence-electron chi connectivity index (χ1n) is 5.73. The second kappa shape index (κ2) is 6.16. The lowest BCUT2D eigenvalue weighted by atomic mass is 10.2. The minimum Gasteiger partial charge on any atom is -0.269 e. The molecule has 1 aromatic heterocycles. The third-order valence-corrected chi connectivity index (χ3v) is 3.26. The van der Waals surface area contributed by atoms with E-state index in [2.05, 4.69) is 30.6 Å². The first-order valence-corrected chi connectivity index (χ1v) is 6.27. The van der Waals surface area contributed by atoms with Crippen molar-refractivity contribution in [1.82, 2.24) is 9.78 Å². The molecule has 0 N–H and O–H groups in total. The Morgan fingerprint density at radius 2 is 1.73 bits per heavy atom. The van der Waals surface area contributed by atoms with E-state index < -0.39 is 0 Å². The SMILES string of the molecule is Cc1nn(CCCCCCCl)c(C)c1C. The van der Waals surface area contributed by atoms with Crippen LogP contribution in [0.5, 0.6) is 0 Å². The Hall–Kier alpha value is -0.500. The molecule has 1 aromatic rings.